The maximum absolute atomic E-state index is 11.3. The zero-order chi connectivity index (χ0) is 14.1. The highest BCUT2D eigenvalue weighted by Crippen LogP contribution is 1.94. The number of nitrogens with two attached hydrogens (primary N) is 1. The molecule has 0 fully saturated rings. The van der Waals surface area contributed by atoms with Gasteiger partial charge in [-0.25, -0.2) is 0 Å². The first-order chi connectivity index (χ1) is 8.34. The van der Waals surface area contributed by atoms with Crippen LogP contribution in [-0.4, -0.2) is 53.2 Å². The first-order valence-electron chi connectivity index (χ1n) is 5.56. The summed E-state index contributed by atoms with van der Waals surface area (Å²) in [7, 11) is 0. The van der Waals surface area contributed by atoms with Crippen LogP contribution in [0.25, 0.3) is 0 Å². The van der Waals surface area contributed by atoms with E-state index in [0.29, 0.717) is 19.4 Å². The van der Waals surface area contributed by atoms with Crippen LogP contribution in [0.1, 0.15) is 19.8 Å². The molecule has 0 bridgehead atoms. The van der Waals surface area contributed by atoms with E-state index in [9.17, 15) is 14.4 Å². The Kier molecular flexibility index (Phi) is 7.64. The maximum Gasteiger partial charge on any atom is 0.322 e. The maximum atomic E-state index is 11.3. The Morgan fingerprint density at radius 2 is 1.89 bits per heavy atom. The van der Waals surface area contributed by atoms with Crippen LogP contribution in [0.3, 0.4) is 0 Å². The van der Waals surface area contributed by atoms with Crippen LogP contribution in [0.4, 0.5) is 0 Å². The van der Waals surface area contributed by atoms with Crippen molar-refractivity contribution in [3.63, 3.8) is 0 Å². The highest BCUT2D eigenvalue weighted by atomic mass is 16.4. The Morgan fingerprint density at radius 1 is 1.28 bits per heavy atom. The van der Waals surface area contributed by atoms with Gasteiger partial charge in [0.05, 0.1) is 6.04 Å². The van der Waals surface area contributed by atoms with Crippen molar-refractivity contribution in [3.8, 4) is 0 Å². The van der Waals surface area contributed by atoms with Gasteiger partial charge in [0.2, 0.25) is 5.91 Å². The summed E-state index contributed by atoms with van der Waals surface area (Å²) in [6, 6.07) is -1.44. The van der Waals surface area contributed by atoms with Crippen molar-refractivity contribution in [1.29, 1.82) is 0 Å². The summed E-state index contributed by atoms with van der Waals surface area (Å²) in [5.74, 6) is -2.58. The van der Waals surface area contributed by atoms with Crippen molar-refractivity contribution >= 4 is 17.8 Å². The molecule has 0 aromatic rings. The molecule has 0 radical (unpaired) electrons. The van der Waals surface area contributed by atoms with Gasteiger partial charge in [-0.1, -0.05) is 0 Å². The lowest BCUT2D eigenvalue weighted by Gasteiger charge is -2.13. The lowest BCUT2D eigenvalue weighted by atomic mass is 10.1. The number of aliphatic carboxylic acids is 2. The fourth-order valence-electron chi connectivity index (χ4n) is 1.17. The number of hydrogen-bond acceptors (Lipinski definition) is 5. The molecule has 0 rings (SSSR count). The van der Waals surface area contributed by atoms with Crippen molar-refractivity contribution in [3.05, 3.63) is 0 Å². The standard InChI is InChI=1S/C10H19N3O5/c1-6(9(16)13-5-8(14)15)12-4-2-3-7(11)10(17)18/h6-7,12H,2-5,11H2,1H3,(H,13,16)(H,14,15)(H,17,18). The van der Waals surface area contributed by atoms with Gasteiger partial charge in [0, 0.05) is 0 Å². The van der Waals surface area contributed by atoms with E-state index in [1.807, 2.05) is 0 Å². The number of hydrogen-bond donors (Lipinski definition) is 5. The van der Waals surface area contributed by atoms with Crippen molar-refractivity contribution in [2.24, 2.45) is 5.73 Å². The predicted molar refractivity (Wildman–Crippen MR) is 63.0 cm³/mol. The lowest BCUT2D eigenvalue weighted by Crippen LogP contribution is -2.44. The Balaban J connectivity index is 3.69. The lowest BCUT2D eigenvalue weighted by molar-refractivity contribution is -0.139. The Hall–Kier alpha value is -1.67. The van der Waals surface area contributed by atoms with E-state index in [2.05, 4.69) is 10.6 Å². The van der Waals surface area contributed by atoms with Crippen molar-refractivity contribution in [2.75, 3.05) is 13.1 Å². The monoisotopic (exact) mass is 261 g/mol. The van der Waals surface area contributed by atoms with Gasteiger partial charge < -0.3 is 26.6 Å². The minimum Gasteiger partial charge on any atom is -0.480 e. The second kappa shape index (κ2) is 8.43. The van der Waals surface area contributed by atoms with E-state index in [0.717, 1.165) is 0 Å². The molecule has 0 spiro atoms. The summed E-state index contributed by atoms with van der Waals surface area (Å²) >= 11 is 0. The third kappa shape index (κ3) is 7.58. The summed E-state index contributed by atoms with van der Waals surface area (Å²) in [6.07, 6.45) is 0.829. The van der Waals surface area contributed by atoms with Gasteiger partial charge in [0.15, 0.2) is 0 Å². The molecule has 104 valence electrons. The molecular weight excluding hydrogens is 242 g/mol. The van der Waals surface area contributed by atoms with Crippen LogP contribution >= 0.6 is 0 Å². The van der Waals surface area contributed by atoms with E-state index in [-0.39, 0.29) is 0 Å². The minimum atomic E-state index is -1.11. The summed E-state index contributed by atoms with van der Waals surface area (Å²) in [4.78, 5) is 32.0. The van der Waals surface area contributed by atoms with E-state index in [4.69, 9.17) is 15.9 Å². The van der Waals surface area contributed by atoms with Gasteiger partial charge in [-0.05, 0) is 26.3 Å². The molecule has 0 saturated carbocycles. The summed E-state index contributed by atoms with van der Waals surface area (Å²) in [6.45, 7) is 1.60. The summed E-state index contributed by atoms with van der Waals surface area (Å²) in [5, 5.41) is 22.0. The zero-order valence-corrected chi connectivity index (χ0v) is 10.2. The molecule has 0 heterocycles. The largest absolute Gasteiger partial charge is 0.480 e. The Labute approximate surface area is 105 Å². The topological polar surface area (TPSA) is 142 Å². The van der Waals surface area contributed by atoms with Gasteiger partial charge in [-0.15, -0.1) is 0 Å². The average molecular weight is 261 g/mol. The molecule has 2 atom stereocenters. The average Bonchev–Trinajstić information content (AvgIpc) is 2.30. The van der Waals surface area contributed by atoms with Gasteiger partial charge in [0.1, 0.15) is 12.6 Å². The third-order valence-corrected chi connectivity index (χ3v) is 2.27. The van der Waals surface area contributed by atoms with Gasteiger partial charge in [-0.3, -0.25) is 14.4 Å². The molecule has 0 aromatic heterocycles. The molecule has 8 heteroatoms. The molecule has 2 unspecified atom stereocenters. The minimum absolute atomic E-state index is 0.311. The smallest absolute Gasteiger partial charge is 0.322 e. The van der Waals surface area contributed by atoms with Gasteiger partial charge in [0.25, 0.3) is 0 Å². The molecule has 0 aliphatic rings. The molecule has 0 aliphatic carbocycles. The predicted octanol–water partition coefficient (Wildman–Crippen LogP) is -1.64. The molecular formula is C10H19N3O5. The number of carboxylic acids is 2. The fourth-order valence-corrected chi connectivity index (χ4v) is 1.17. The molecule has 18 heavy (non-hydrogen) atoms. The highest BCUT2D eigenvalue weighted by molar-refractivity contribution is 5.84. The number of nitrogens with one attached hydrogen (secondary N) is 2. The molecule has 1 amide bonds. The number of carbonyl (C=O) groups is 3. The van der Waals surface area contributed by atoms with Gasteiger partial charge >= 0.3 is 11.9 Å². The van der Waals surface area contributed by atoms with E-state index >= 15 is 0 Å². The third-order valence-electron chi connectivity index (χ3n) is 2.27. The quantitative estimate of drug-likeness (QED) is 0.313. The zero-order valence-electron chi connectivity index (χ0n) is 10.2. The molecule has 6 N–H and O–H groups in total. The van der Waals surface area contributed by atoms with Crippen LogP contribution in [0.5, 0.6) is 0 Å². The van der Waals surface area contributed by atoms with Crippen LogP contribution in [-0.2, 0) is 14.4 Å². The van der Waals surface area contributed by atoms with Crippen LogP contribution < -0.4 is 16.4 Å². The summed E-state index contributed by atoms with van der Waals surface area (Å²) < 4.78 is 0. The molecule has 8 nitrogen and oxygen atoms in total. The number of carbonyl (C=O) groups excluding carboxylic acids is 1. The Bertz CT molecular complexity index is 308. The first kappa shape index (κ1) is 16.3. The van der Waals surface area contributed by atoms with Gasteiger partial charge in [-0.2, -0.15) is 0 Å². The normalized spacial score (nSPS) is 13.7. The SMILES string of the molecule is CC(NCCCC(N)C(=O)O)C(=O)NCC(=O)O. The second-order valence-electron chi connectivity index (χ2n) is 3.87. The highest BCUT2D eigenvalue weighted by Gasteiger charge is 2.14. The Morgan fingerprint density at radius 3 is 2.39 bits per heavy atom. The van der Waals surface area contributed by atoms with Crippen LogP contribution in [0.2, 0.25) is 0 Å². The van der Waals surface area contributed by atoms with Crippen molar-refractivity contribution < 1.29 is 24.6 Å². The van der Waals surface area contributed by atoms with Crippen molar-refractivity contribution in [2.45, 2.75) is 31.8 Å². The number of amides is 1. The molecule has 0 aromatic carbocycles. The fraction of sp³-hybridized carbons (Fsp3) is 0.700. The van der Waals surface area contributed by atoms with Crippen LogP contribution in [0, 0.1) is 0 Å². The summed E-state index contributed by atoms with van der Waals surface area (Å²) in [5.41, 5.74) is 5.30. The van der Waals surface area contributed by atoms with E-state index in [1.165, 1.54) is 0 Å². The van der Waals surface area contributed by atoms with Crippen LogP contribution in [0.15, 0.2) is 0 Å². The molecule has 0 saturated heterocycles. The number of rotatable bonds is 9. The number of carboxylic acid groups (broad SMARTS) is 2. The van der Waals surface area contributed by atoms with Crippen molar-refractivity contribution in [1.82, 2.24) is 10.6 Å². The molecule has 0 aliphatic heterocycles. The first-order valence-corrected chi connectivity index (χ1v) is 5.56. The van der Waals surface area contributed by atoms with E-state index < -0.39 is 36.5 Å². The second-order valence-corrected chi connectivity index (χ2v) is 3.87. The van der Waals surface area contributed by atoms with E-state index in [1.54, 1.807) is 6.92 Å².